The first-order chi connectivity index (χ1) is 9.72. The van der Waals surface area contributed by atoms with Crippen LogP contribution in [0.3, 0.4) is 0 Å². The molecular weight excluding hydrogens is 272 g/mol. The van der Waals surface area contributed by atoms with Crippen LogP contribution in [0.4, 0.5) is 0 Å². The second-order valence-corrected chi connectivity index (χ2v) is 6.97. The van der Waals surface area contributed by atoms with Gasteiger partial charge in [0.05, 0.1) is 5.75 Å². The maximum atomic E-state index is 12.1. The zero-order chi connectivity index (χ0) is 13.9. The molecule has 0 saturated heterocycles. The first-order valence-electron chi connectivity index (χ1n) is 7.09. The third-order valence-electron chi connectivity index (χ3n) is 3.89. The molecule has 1 saturated carbocycles. The number of hydrogen-bond acceptors (Lipinski definition) is 3. The molecule has 106 valence electrons. The molecule has 0 bridgehead atoms. The highest BCUT2D eigenvalue weighted by Crippen LogP contribution is 2.25. The molecule has 1 aliphatic carbocycles. The average Bonchev–Trinajstić information content (AvgIpc) is 3.06. The number of carbonyl (C=O) groups is 1. The molecule has 2 aromatic rings. The normalized spacial score (nSPS) is 17.6. The molecule has 1 fully saturated rings. The monoisotopic (exact) mass is 290 g/mol. The van der Waals surface area contributed by atoms with Gasteiger partial charge in [-0.3, -0.25) is 9.00 Å². The number of benzene rings is 1. The van der Waals surface area contributed by atoms with E-state index in [2.05, 4.69) is 0 Å². The van der Waals surface area contributed by atoms with E-state index in [0.29, 0.717) is 23.0 Å². The van der Waals surface area contributed by atoms with Gasteiger partial charge in [0, 0.05) is 21.9 Å². The molecule has 0 radical (unpaired) electrons. The zero-order valence-electron chi connectivity index (χ0n) is 11.3. The highest BCUT2D eigenvalue weighted by atomic mass is 32.2. The fourth-order valence-electron chi connectivity index (χ4n) is 2.84. The van der Waals surface area contributed by atoms with Crippen molar-refractivity contribution in [2.75, 3.05) is 11.5 Å². The van der Waals surface area contributed by atoms with Gasteiger partial charge in [-0.25, -0.2) is 0 Å². The standard InChI is InChI=1S/C16H18O3S/c17-14(11-20(18)10-12-5-1-2-6-12)16-9-13-7-3-4-8-15(13)19-16/h3-4,7-9,12H,1-2,5-6,10-11H2. The summed E-state index contributed by atoms with van der Waals surface area (Å²) in [6, 6.07) is 9.26. The van der Waals surface area contributed by atoms with Gasteiger partial charge in [0.25, 0.3) is 0 Å². The predicted molar refractivity (Wildman–Crippen MR) is 80.4 cm³/mol. The number of fused-ring (bicyclic) bond motifs is 1. The number of ketones is 1. The predicted octanol–water partition coefficient (Wildman–Crippen LogP) is 3.55. The zero-order valence-corrected chi connectivity index (χ0v) is 12.2. The van der Waals surface area contributed by atoms with E-state index in [4.69, 9.17) is 4.42 Å². The highest BCUT2D eigenvalue weighted by molar-refractivity contribution is 7.85. The molecule has 1 atom stereocenters. The van der Waals surface area contributed by atoms with Crippen LogP contribution in [-0.2, 0) is 10.8 Å². The van der Waals surface area contributed by atoms with Gasteiger partial charge in [-0.1, -0.05) is 31.0 Å². The molecule has 3 rings (SSSR count). The van der Waals surface area contributed by atoms with Crippen LogP contribution in [0.5, 0.6) is 0 Å². The fraction of sp³-hybridized carbons (Fsp3) is 0.438. The number of furan rings is 1. The Balaban J connectivity index is 1.64. The Hall–Kier alpha value is -1.42. The van der Waals surface area contributed by atoms with Crippen molar-refractivity contribution in [3.63, 3.8) is 0 Å². The maximum absolute atomic E-state index is 12.1. The van der Waals surface area contributed by atoms with Crippen molar-refractivity contribution >= 4 is 27.6 Å². The highest BCUT2D eigenvalue weighted by Gasteiger charge is 2.21. The smallest absolute Gasteiger partial charge is 0.210 e. The maximum Gasteiger partial charge on any atom is 0.210 e. The summed E-state index contributed by atoms with van der Waals surface area (Å²) in [5.74, 6) is 1.45. The van der Waals surface area contributed by atoms with E-state index < -0.39 is 10.8 Å². The van der Waals surface area contributed by atoms with Gasteiger partial charge in [-0.2, -0.15) is 0 Å². The lowest BCUT2D eigenvalue weighted by molar-refractivity contribution is 0.0993. The van der Waals surface area contributed by atoms with E-state index in [0.717, 1.165) is 18.2 Å². The molecule has 0 amide bonds. The first-order valence-corrected chi connectivity index (χ1v) is 8.58. The fourth-order valence-corrected chi connectivity index (χ4v) is 4.25. The summed E-state index contributed by atoms with van der Waals surface area (Å²) in [7, 11) is -1.07. The van der Waals surface area contributed by atoms with E-state index in [1.165, 1.54) is 12.8 Å². The van der Waals surface area contributed by atoms with Gasteiger partial charge in [0.2, 0.25) is 5.78 Å². The third-order valence-corrected chi connectivity index (χ3v) is 5.32. The molecule has 0 spiro atoms. The summed E-state index contributed by atoms with van der Waals surface area (Å²) in [4.78, 5) is 12.1. The summed E-state index contributed by atoms with van der Waals surface area (Å²) < 4.78 is 17.6. The minimum atomic E-state index is -1.07. The summed E-state index contributed by atoms with van der Waals surface area (Å²) in [6.45, 7) is 0. The SMILES string of the molecule is O=C(CS(=O)CC1CCCC1)c1cc2ccccc2o1. The van der Waals surface area contributed by atoms with Crippen LogP contribution < -0.4 is 0 Å². The number of para-hydroxylation sites is 1. The quantitative estimate of drug-likeness (QED) is 0.791. The molecule has 1 aromatic heterocycles. The second-order valence-electron chi connectivity index (χ2n) is 5.47. The van der Waals surface area contributed by atoms with Crippen molar-refractivity contribution in [3.05, 3.63) is 36.1 Å². The Labute approximate surface area is 120 Å². The third kappa shape index (κ3) is 3.01. The number of hydrogen-bond donors (Lipinski definition) is 0. The summed E-state index contributed by atoms with van der Waals surface area (Å²) >= 11 is 0. The van der Waals surface area contributed by atoms with Gasteiger partial charge in [0.1, 0.15) is 5.58 Å². The van der Waals surface area contributed by atoms with Crippen molar-refractivity contribution in [2.45, 2.75) is 25.7 Å². The molecule has 1 unspecified atom stereocenters. The van der Waals surface area contributed by atoms with Gasteiger partial charge in [0.15, 0.2) is 5.76 Å². The van der Waals surface area contributed by atoms with Crippen LogP contribution in [0.2, 0.25) is 0 Å². The molecule has 1 aromatic carbocycles. The van der Waals surface area contributed by atoms with E-state index in [9.17, 15) is 9.00 Å². The van der Waals surface area contributed by atoms with Crippen LogP contribution in [0.1, 0.15) is 36.2 Å². The lowest BCUT2D eigenvalue weighted by Crippen LogP contribution is -2.16. The summed E-state index contributed by atoms with van der Waals surface area (Å²) in [6.07, 6.45) is 4.79. The van der Waals surface area contributed by atoms with Crippen LogP contribution in [0.25, 0.3) is 11.0 Å². The Kier molecular flexibility index (Phi) is 4.01. The minimum Gasteiger partial charge on any atom is -0.453 e. The van der Waals surface area contributed by atoms with E-state index in [-0.39, 0.29) is 11.5 Å². The van der Waals surface area contributed by atoms with E-state index >= 15 is 0 Å². The number of Topliss-reactive ketones (excluding diaryl/α,β-unsaturated/α-hetero) is 1. The van der Waals surface area contributed by atoms with Gasteiger partial charge >= 0.3 is 0 Å². The lowest BCUT2D eigenvalue weighted by atomic mass is 10.1. The Morgan fingerprint density at radius 2 is 2.00 bits per heavy atom. The van der Waals surface area contributed by atoms with Crippen molar-refractivity contribution in [1.29, 1.82) is 0 Å². The van der Waals surface area contributed by atoms with Gasteiger partial charge in [-0.15, -0.1) is 0 Å². The largest absolute Gasteiger partial charge is 0.453 e. The Morgan fingerprint density at radius 3 is 2.75 bits per heavy atom. The van der Waals surface area contributed by atoms with Crippen LogP contribution in [-0.4, -0.2) is 21.5 Å². The Morgan fingerprint density at radius 1 is 1.25 bits per heavy atom. The van der Waals surface area contributed by atoms with Crippen molar-refractivity contribution in [2.24, 2.45) is 5.92 Å². The summed E-state index contributed by atoms with van der Waals surface area (Å²) in [5, 5.41) is 0.914. The van der Waals surface area contributed by atoms with E-state index in [1.807, 2.05) is 24.3 Å². The molecule has 1 heterocycles. The van der Waals surface area contributed by atoms with Crippen molar-refractivity contribution in [3.8, 4) is 0 Å². The van der Waals surface area contributed by atoms with Gasteiger partial charge in [-0.05, 0) is 30.9 Å². The first kappa shape index (κ1) is 13.6. The molecule has 4 heteroatoms. The van der Waals surface area contributed by atoms with Crippen LogP contribution >= 0.6 is 0 Å². The molecular formula is C16H18O3S. The van der Waals surface area contributed by atoms with Crippen molar-refractivity contribution in [1.82, 2.24) is 0 Å². The van der Waals surface area contributed by atoms with Gasteiger partial charge < -0.3 is 4.42 Å². The number of carbonyl (C=O) groups excluding carboxylic acids is 1. The number of rotatable bonds is 5. The van der Waals surface area contributed by atoms with Crippen molar-refractivity contribution < 1.29 is 13.4 Å². The molecule has 3 nitrogen and oxygen atoms in total. The second kappa shape index (κ2) is 5.92. The van der Waals surface area contributed by atoms with E-state index in [1.54, 1.807) is 6.07 Å². The van der Waals surface area contributed by atoms with Crippen LogP contribution in [0, 0.1) is 5.92 Å². The average molecular weight is 290 g/mol. The molecule has 1 aliphatic rings. The summed E-state index contributed by atoms with van der Waals surface area (Å²) in [5.41, 5.74) is 0.706. The molecule has 20 heavy (non-hydrogen) atoms. The Bertz CT molecular complexity index is 605. The lowest BCUT2D eigenvalue weighted by Gasteiger charge is -2.07. The molecule has 0 N–H and O–H groups in total. The minimum absolute atomic E-state index is 0.0797. The topological polar surface area (TPSA) is 47.3 Å². The van der Waals surface area contributed by atoms with Crippen LogP contribution in [0.15, 0.2) is 34.7 Å². The molecule has 0 aliphatic heterocycles.